The number of carbonyl (C=O) groups excluding carboxylic acids is 2. The summed E-state index contributed by atoms with van der Waals surface area (Å²) in [4.78, 5) is 30.7. The maximum Gasteiger partial charge on any atom is 0.255 e. The average molecular weight is 425 g/mol. The Labute approximate surface area is 180 Å². The summed E-state index contributed by atoms with van der Waals surface area (Å²) in [6.45, 7) is 2.60. The second-order valence-electron chi connectivity index (χ2n) is 7.88. The molecule has 6 nitrogen and oxygen atoms in total. The number of hydrogen-bond donors (Lipinski definition) is 0. The van der Waals surface area contributed by atoms with Crippen molar-refractivity contribution in [1.82, 2.24) is 9.80 Å². The Bertz CT molecular complexity index is 987. The van der Waals surface area contributed by atoms with Crippen LogP contribution in [0.5, 0.6) is 11.5 Å². The third-order valence-corrected chi connectivity index (χ3v) is 6.94. The summed E-state index contributed by atoms with van der Waals surface area (Å²) in [6.07, 6.45) is 2.85. The minimum absolute atomic E-state index is 0.0323. The quantitative estimate of drug-likeness (QED) is 0.706. The molecule has 0 N–H and O–H groups in total. The smallest absolute Gasteiger partial charge is 0.255 e. The number of thioether (sulfide) groups is 1. The first-order valence-corrected chi connectivity index (χ1v) is 11.5. The molecule has 1 aliphatic carbocycles. The van der Waals surface area contributed by atoms with Crippen LogP contribution in [0.4, 0.5) is 0 Å². The van der Waals surface area contributed by atoms with Gasteiger partial charge in [-0.05, 0) is 48.4 Å². The highest BCUT2D eigenvalue weighted by Gasteiger charge is 2.46. The van der Waals surface area contributed by atoms with Crippen LogP contribution in [0, 0.1) is 5.92 Å². The molecule has 2 fully saturated rings. The predicted molar refractivity (Wildman–Crippen MR) is 114 cm³/mol. The number of amides is 2. The van der Waals surface area contributed by atoms with E-state index in [0.29, 0.717) is 26.2 Å². The second-order valence-corrected chi connectivity index (χ2v) is 8.73. The summed E-state index contributed by atoms with van der Waals surface area (Å²) in [7, 11) is 0. The molecule has 2 aliphatic heterocycles. The van der Waals surface area contributed by atoms with E-state index in [9.17, 15) is 9.59 Å². The summed E-state index contributed by atoms with van der Waals surface area (Å²) in [5.74, 6) is 2.07. The normalized spacial score (nSPS) is 22.2. The molecular formula is C23H24N2O4S. The zero-order chi connectivity index (χ0) is 20.7. The fourth-order valence-electron chi connectivity index (χ4n) is 4.34. The Hall–Kier alpha value is -2.67. The summed E-state index contributed by atoms with van der Waals surface area (Å²) >= 11 is 1.58. The molecule has 1 saturated carbocycles. The Morgan fingerprint density at radius 2 is 1.70 bits per heavy atom. The summed E-state index contributed by atoms with van der Waals surface area (Å²) in [5.41, 5.74) is 1.88. The molecule has 156 valence electrons. The molecule has 0 spiro atoms. The fourth-order valence-corrected chi connectivity index (χ4v) is 4.93. The number of hydrogen-bond acceptors (Lipinski definition) is 5. The maximum absolute atomic E-state index is 13.0. The molecule has 2 amide bonds. The maximum atomic E-state index is 13.0. The van der Waals surface area contributed by atoms with Gasteiger partial charge in [0, 0.05) is 37.0 Å². The molecule has 0 aromatic heterocycles. The number of rotatable bonds is 4. The molecule has 2 aromatic carbocycles. The molecule has 1 saturated heterocycles. The monoisotopic (exact) mass is 424 g/mol. The number of carbonyl (C=O) groups is 2. The van der Waals surface area contributed by atoms with Crippen LogP contribution < -0.4 is 9.47 Å². The van der Waals surface area contributed by atoms with Crippen LogP contribution in [-0.2, 0) is 4.79 Å². The van der Waals surface area contributed by atoms with Crippen LogP contribution in [0.2, 0.25) is 0 Å². The van der Waals surface area contributed by atoms with Crippen molar-refractivity contribution in [2.45, 2.75) is 17.2 Å². The SMILES string of the molecule is CSc1ccccc1C(=O)N1CCN(C(=O)[C@@H]2C[C@@H]2c2ccc3c(c2)OCO3)CC1. The van der Waals surface area contributed by atoms with Crippen LogP contribution in [0.25, 0.3) is 0 Å². The van der Waals surface area contributed by atoms with Gasteiger partial charge in [-0.3, -0.25) is 9.59 Å². The topological polar surface area (TPSA) is 59.1 Å². The Morgan fingerprint density at radius 3 is 2.50 bits per heavy atom. The lowest BCUT2D eigenvalue weighted by Gasteiger charge is -2.35. The highest BCUT2D eigenvalue weighted by atomic mass is 32.2. The molecule has 30 heavy (non-hydrogen) atoms. The van der Waals surface area contributed by atoms with Crippen LogP contribution >= 0.6 is 11.8 Å². The summed E-state index contributed by atoms with van der Waals surface area (Å²) in [5, 5.41) is 0. The standard InChI is InChI=1S/C23H24N2O4S/c1-30-21-5-3-2-4-16(21)22(26)24-8-10-25(11-9-24)23(27)18-13-17(18)15-6-7-19-20(12-15)29-14-28-19/h2-7,12,17-18H,8-11,13-14H2,1H3/t17-,18-/m1/s1. The molecule has 2 heterocycles. The van der Waals surface area contributed by atoms with Crippen LogP contribution in [0.15, 0.2) is 47.4 Å². The zero-order valence-electron chi connectivity index (χ0n) is 16.9. The van der Waals surface area contributed by atoms with Crippen molar-refractivity contribution < 1.29 is 19.1 Å². The Kier molecular flexibility index (Phi) is 5.06. The van der Waals surface area contributed by atoms with Gasteiger partial charge in [-0.1, -0.05) is 18.2 Å². The van der Waals surface area contributed by atoms with E-state index in [1.54, 1.807) is 11.8 Å². The first-order valence-electron chi connectivity index (χ1n) is 10.3. The lowest BCUT2D eigenvalue weighted by Crippen LogP contribution is -2.51. The first kappa shape index (κ1) is 19.3. The largest absolute Gasteiger partial charge is 0.454 e. The average Bonchev–Trinajstić information content (AvgIpc) is 3.46. The van der Waals surface area contributed by atoms with Crippen molar-refractivity contribution >= 4 is 23.6 Å². The molecule has 0 bridgehead atoms. The lowest BCUT2D eigenvalue weighted by molar-refractivity contribution is -0.134. The molecule has 5 rings (SSSR count). The van der Waals surface area contributed by atoms with Crippen molar-refractivity contribution in [1.29, 1.82) is 0 Å². The van der Waals surface area contributed by atoms with Crippen molar-refractivity contribution in [2.24, 2.45) is 5.92 Å². The van der Waals surface area contributed by atoms with E-state index in [4.69, 9.17) is 9.47 Å². The van der Waals surface area contributed by atoms with Gasteiger partial charge in [-0.2, -0.15) is 0 Å². The van der Waals surface area contributed by atoms with E-state index in [1.807, 2.05) is 58.5 Å². The molecule has 7 heteroatoms. The molecule has 2 atom stereocenters. The summed E-state index contributed by atoms with van der Waals surface area (Å²) in [6, 6.07) is 13.7. The van der Waals surface area contributed by atoms with Crippen molar-refractivity contribution in [3.05, 3.63) is 53.6 Å². The van der Waals surface area contributed by atoms with E-state index < -0.39 is 0 Å². The summed E-state index contributed by atoms with van der Waals surface area (Å²) < 4.78 is 10.8. The highest BCUT2D eigenvalue weighted by molar-refractivity contribution is 7.98. The van der Waals surface area contributed by atoms with Gasteiger partial charge in [-0.25, -0.2) is 0 Å². The lowest BCUT2D eigenvalue weighted by atomic mass is 10.1. The fraction of sp³-hybridized carbons (Fsp3) is 0.391. The molecule has 0 unspecified atom stereocenters. The third-order valence-electron chi connectivity index (χ3n) is 6.15. The van der Waals surface area contributed by atoms with Gasteiger partial charge < -0.3 is 19.3 Å². The number of benzene rings is 2. The van der Waals surface area contributed by atoms with E-state index in [-0.39, 0.29) is 30.4 Å². The third kappa shape index (κ3) is 3.51. The number of piperazine rings is 1. The second kappa shape index (κ2) is 7.87. The van der Waals surface area contributed by atoms with Crippen molar-refractivity contribution in [3.63, 3.8) is 0 Å². The van der Waals surface area contributed by atoms with Crippen molar-refractivity contribution in [3.8, 4) is 11.5 Å². The van der Waals surface area contributed by atoms with Gasteiger partial charge in [0.2, 0.25) is 12.7 Å². The Balaban J connectivity index is 1.18. The number of fused-ring (bicyclic) bond motifs is 1. The molecule has 0 radical (unpaired) electrons. The van der Waals surface area contributed by atoms with Gasteiger partial charge in [0.25, 0.3) is 5.91 Å². The minimum Gasteiger partial charge on any atom is -0.454 e. The van der Waals surface area contributed by atoms with Gasteiger partial charge in [0.1, 0.15) is 0 Å². The molecule has 3 aliphatic rings. The van der Waals surface area contributed by atoms with E-state index >= 15 is 0 Å². The number of nitrogens with zero attached hydrogens (tertiary/aromatic N) is 2. The number of ether oxygens (including phenoxy) is 2. The zero-order valence-corrected chi connectivity index (χ0v) is 17.7. The molecular weight excluding hydrogens is 400 g/mol. The van der Waals surface area contributed by atoms with Gasteiger partial charge in [-0.15, -0.1) is 11.8 Å². The van der Waals surface area contributed by atoms with Crippen LogP contribution in [0.1, 0.15) is 28.3 Å². The molecule has 2 aromatic rings. The van der Waals surface area contributed by atoms with Crippen LogP contribution in [0.3, 0.4) is 0 Å². The predicted octanol–water partition coefficient (Wildman–Crippen LogP) is 3.23. The van der Waals surface area contributed by atoms with Gasteiger partial charge in [0.05, 0.1) is 5.56 Å². The van der Waals surface area contributed by atoms with E-state index in [0.717, 1.165) is 33.9 Å². The minimum atomic E-state index is 0.0323. The van der Waals surface area contributed by atoms with E-state index in [1.165, 1.54) is 0 Å². The van der Waals surface area contributed by atoms with Crippen molar-refractivity contribution in [2.75, 3.05) is 39.2 Å². The van der Waals surface area contributed by atoms with Crippen LogP contribution in [-0.4, -0.2) is 60.8 Å². The van der Waals surface area contributed by atoms with Gasteiger partial charge >= 0.3 is 0 Å². The van der Waals surface area contributed by atoms with E-state index in [2.05, 4.69) is 0 Å². The Morgan fingerprint density at radius 1 is 0.967 bits per heavy atom. The first-order chi connectivity index (χ1) is 14.7. The van der Waals surface area contributed by atoms with Gasteiger partial charge in [0.15, 0.2) is 11.5 Å². The highest BCUT2D eigenvalue weighted by Crippen LogP contribution is 2.50.